The minimum absolute atomic E-state index is 0.850. The van der Waals surface area contributed by atoms with Gasteiger partial charge in [-0.25, -0.2) is 0 Å². The van der Waals surface area contributed by atoms with E-state index in [0.717, 1.165) is 24.2 Å². The summed E-state index contributed by atoms with van der Waals surface area (Å²) in [5, 5.41) is 7.73. The lowest BCUT2D eigenvalue weighted by Gasteiger charge is -2.26. The van der Waals surface area contributed by atoms with Gasteiger partial charge in [-0.05, 0) is 24.7 Å². The number of rotatable bonds is 3. The second-order valence-corrected chi connectivity index (χ2v) is 4.88. The summed E-state index contributed by atoms with van der Waals surface area (Å²) >= 11 is 0. The first-order valence-corrected chi connectivity index (χ1v) is 5.97. The predicted octanol–water partition coefficient (Wildman–Crippen LogP) is 2.66. The maximum absolute atomic E-state index is 4.32. The Hall–Kier alpha value is -0.990. The molecule has 3 heteroatoms. The third-order valence-corrected chi connectivity index (χ3v) is 3.42. The van der Waals surface area contributed by atoms with E-state index in [1.54, 1.807) is 0 Å². The van der Waals surface area contributed by atoms with Gasteiger partial charge < -0.3 is 5.32 Å². The Morgan fingerprint density at radius 2 is 2.13 bits per heavy atom. The molecule has 0 saturated heterocycles. The summed E-state index contributed by atoms with van der Waals surface area (Å²) in [7, 11) is 1.95. The van der Waals surface area contributed by atoms with Crippen molar-refractivity contribution in [1.82, 2.24) is 9.78 Å². The van der Waals surface area contributed by atoms with Gasteiger partial charge >= 0.3 is 0 Å². The van der Waals surface area contributed by atoms with Crippen LogP contribution in [-0.4, -0.2) is 16.3 Å². The number of hydrogen-bond acceptors (Lipinski definition) is 2. The fourth-order valence-electron chi connectivity index (χ4n) is 2.29. The van der Waals surface area contributed by atoms with E-state index in [0.29, 0.717) is 0 Å². The molecule has 1 aromatic rings. The van der Waals surface area contributed by atoms with E-state index in [2.05, 4.69) is 17.3 Å². The Morgan fingerprint density at radius 3 is 2.73 bits per heavy atom. The third kappa shape index (κ3) is 2.98. The molecule has 0 aliphatic heterocycles. The fraction of sp³-hybridized carbons (Fsp3) is 0.750. The highest BCUT2D eigenvalue weighted by atomic mass is 15.3. The second-order valence-electron chi connectivity index (χ2n) is 4.88. The van der Waals surface area contributed by atoms with Crippen molar-refractivity contribution in [1.29, 1.82) is 0 Å². The molecule has 0 amide bonds. The summed E-state index contributed by atoms with van der Waals surface area (Å²) in [5.41, 5.74) is 0. The van der Waals surface area contributed by atoms with Crippen molar-refractivity contribution in [2.24, 2.45) is 18.9 Å². The molecule has 1 aliphatic rings. The van der Waals surface area contributed by atoms with Crippen LogP contribution in [0.1, 0.15) is 32.6 Å². The van der Waals surface area contributed by atoms with E-state index in [4.69, 9.17) is 0 Å². The van der Waals surface area contributed by atoms with Gasteiger partial charge in [0.15, 0.2) is 0 Å². The molecule has 0 aromatic carbocycles. The van der Waals surface area contributed by atoms with E-state index in [-0.39, 0.29) is 0 Å². The number of nitrogens with zero attached hydrogens (tertiary/aromatic N) is 2. The van der Waals surface area contributed by atoms with Gasteiger partial charge in [0.25, 0.3) is 0 Å². The zero-order valence-electron chi connectivity index (χ0n) is 9.74. The lowest BCUT2D eigenvalue weighted by molar-refractivity contribution is 0.300. The Labute approximate surface area is 91.9 Å². The molecule has 0 atom stereocenters. The normalized spacial score (nSPS) is 26.5. The topological polar surface area (TPSA) is 29.9 Å². The third-order valence-electron chi connectivity index (χ3n) is 3.42. The van der Waals surface area contributed by atoms with Gasteiger partial charge in [0.1, 0.15) is 5.82 Å². The highest BCUT2D eigenvalue weighted by Crippen LogP contribution is 2.28. The Kier molecular flexibility index (Phi) is 3.29. The van der Waals surface area contributed by atoms with E-state index in [1.807, 2.05) is 24.0 Å². The standard InChI is InChI=1S/C12H21N3/c1-10-3-5-11(6-4-10)9-13-12-7-8-15(2)14-12/h7-8,10-11H,3-6,9H2,1-2H3,(H,13,14). The van der Waals surface area contributed by atoms with Gasteiger partial charge in [0, 0.05) is 25.9 Å². The van der Waals surface area contributed by atoms with Crippen molar-refractivity contribution in [2.75, 3.05) is 11.9 Å². The number of hydrogen-bond donors (Lipinski definition) is 1. The van der Waals surface area contributed by atoms with Crippen LogP contribution in [0.25, 0.3) is 0 Å². The molecule has 15 heavy (non-hydrogen) atoms. The molecule has 0 radical (unpaired) electrons. The van der Waals surface area contributed by atoms with Gasteiger partial charge in [-0.1, -0.05) is 19.8 Å². The average molecular weight is 207 g/mol. The van der Waals surface area contributed by atoms with Crippen LogP contribution >= 0.6 is 0 Å². The average Bonchev–Trinajstić information content (AvgIpc) is 2.64. The molecule has 0 spiro atoms. The summed E-state index contributed by atoms with van der Waals surface area (Å²) in [4.78, 5) is 0. The number of anilines is 1. The molecule has 3 nitrogen and oxygen atoms in total. The lowest BCUT2D eigenvalue weighted by Crippen LogP contribution is -2.20. The molecule has 1 saturated carbocycles. The Bertz CT molecular complexity index is 298. The summed E-state index contributed by atoms with van der Waals surface area (Å²) in [5.74, 6) is 2.80. The van der Waals surface area contributed by atoms with Crippen LogP contribution in [0, 0.1) is 11.8 Å². The van der Waals surface area contributed by atoms with Crippen LogP contribution in [0.2, 0.25) is 0 Å². The highest BCUT2D eigenvalue weighted by molar-refractivity contribution is 5.31. The van der Waals surface area contributed by atoms with Crippen molar-refractivity contribution in [3.63, 3.8) is 0 Å². The van der Waals surface area contributed by atoms with Crippen LogP contribution in [0.3, 0.4) is 0 Å². The molecule has 0 unspecified atom stereocenters. The van der Waals surface area contributed by atoms with Crippen molar-refractivity contribution < 1.29 is 0 Å². The summed E-state index contributed by atoms with van der Waals surface area (Å²) in [6.07, 6.45) is 7.52. The van der Waals surface area contributed by atoms with Gasteiger partial charge in [-0.2, -0.15) is 5.10 Å². The van der Waals surface area contributed by atoms with Gasteiger partial charge in [-0.15, -0.1) is 0 Å². The first-order valence-electron chi connectivity index (χ1n) is 5.97. The van der Waals surface area contributed by atoms with Crippen LogP contribution in [0.4, 0.5) is 5.82 Å². The van der Waals surface area contributed by atoms with Crippen LogP contribution in [-0.2, 0) is 7.05 Å². The van der Waals surface area contributed by atoms with Gasteiger partial charge in [-0.3, -0.25) is 4.68 Å². The summed E-state index contributed by atoms with van der Waals surface area (Å²) in [6, 6.07) is 2.03. The molecule has 0 bridgehead atoms. The minimum Gasteiger partial charge on any atom is -0.368 e. The van der Waals surface area contributed by atoms with E-state index < -0.39 is 0 Å². The lowest BCUT2D eigenvalue weighted by atomic mass is 9.83. The SMILES string of the molecule is CC1CCC(CNc2ccn(C)n2)CC1. The second kappa shape index (κ2) is 4.69. The quantitative estimate of drug-likeness (QED) is 0.825. The van der Waals surface area contributed by atoms with Crippen molar-refractivity contribution in [2.45, 2.75) is 32.6 Å². The van der Waals surface area contributed by atoms with Crippen LogP contribution < -0.4 is 5.32 Å². The fourth-order valence-corrected chi connectivity index (χ4v) is 2.29. The summed E-state index contributed by atoms with van der Waals surface area (Å²) < 4.78 is 1.84. The predicted molar refractivity (Wildman–Crippen MR) is 62.8 cm³/mol. The van der Waals surface area contributed by atoms with Crippen LogP contribution in [0.5, 0.6) is 0 Å². The molecule has 1 fully saturated rings. The van der Waals surface area contributed by atoms with E-state index in [1.165, 1.54) is 25.7 Å². The highest BCUT2D eigenvalue weighted by Gasteiger charge is 2.17. The molecular formula is C12H21N3. The zero-order chi connectivity index (χ0) is 10.7. The zero-order valence-corrected chi connectivity index (χ0v) is 9.74. The van der Waals surface area contributed by atoms with Gasteiger partial charge in [0.05, 0.1) is 0 Å². The van der Waals surface area contributed by atoms with Crippen molar-refractivity contribution in [3.8, 4) is 0 Å². The van der Waals surface area contributed by atoms with Gasteiger partial charge in [0.2, 0.25) is 0 Å². The van der Waals surface area contributed by atoms with Crippen molar-refractivity contribution >= 4 is 5.82 Å². The molecule has 1 N–H and O–H groups in total. The first kappa shape index (κ1) is 10.5. The molecule has 1 aliphatic carbocycles. The Balaban J connectivity index is 1.74. The van der Waals surface area contributed by atoms with Crippen molar-refractivity contribution in [3.05, 3.63) is 12.3 Å². The first-order chi connectivity index (χ1) is 7.24. The van der Waals surface area contributed by atoms with Crippen LogP contribution in [0.15, 0.2) is 12.3 Å². The smallest absolute Gasteiger partial charge is 0.147 e. The molecule has 84 valence electrons. The Morgan fingerprint density at radius 1 is 1.40 bits per heavy atom. The molecule has 1 heterocycles. The molecule has 2 rings (SSSR count). The minimum atomic E-state index is 0.850. The molecule has 1 aromatic heterocycles. The number of nitrogens with one attached hydrogen (secondary N) is 1. The number of aromatic nitrogens is 2. The summed E-state index contributed by atoms with van der Waals surface area (Å²) in [6.45, 7) is 3.45. The monoisotopic (exact) mass is 207 g/mol. The molecular weight excluding hydrogens is 186 g/mol. The van der Waals surface area contributed by atoms with E-state index >= 15 is 0 Å². The maximum atomic E-state index is 4.32. The largest absolute Gasteiger partial charge is 0.368 e. The number of aryl methyl sites for hydroxylation is 1. The maximum Gasteiger partial charge on any atom is 0.147 e. The van der Waals surface area contributed by atoms with E-state index in [9.17, 15) is 0 Å².